The molecule has 4 aliphatic rings. The molecule has 3 heteroatoms. The van der Waals surface area contributed by atoms with Gasteiger partial charge in [-0.05, 0) is 80.5 Å². The molecule has 4 rings (SSSR count). The summed E-state index contributed by atoms with van der Waals surface area (Å²) in [5, 5.41) is 10.3. The van der Waals surface area contributed by atoms with Crippen LogP contribution in [0.1, 0.15) is 106 Å². The van der Waals surface area contributed by atoms with E-state index in [0.717, 1.165) is 30.6 Å². The molecule has 9 atom stereocenters. The number of carbonyl (C=O) groups excluding carboxylic acids is 1. The number of ether oxygens (including phenoxy) is 1. The van der Waals surface area contributed by atoms with Crippen LogP contribution in [0.15, 0.2) is 0 Å². The maximum atomic E-state index is 13.3. The van der Waals surface area contributed by atoms with Gasteiger partial charge in [0.15, 0.2) is 0 Å². The van der Waals surface area contributed by atoms with Gasteiger partial charge in [-0.1, -0.05) is 53.9 Å². The first kappa shape index (κ1) is 22.6. The van der Waals surface area contributed by atoms with Crippen LogP contribution in [0.3, 0.4) is 0 Å². The van der Waals surface area contributed by atoms with Crippen molar-refractivity contribution in [2.45, 2.75) is 118 Å². The lowest BCUT2D eigenvalue weighted by atomic mass is 9.45. The highest BCUT2D eigenvalue weighted by Gasteiger charge is 2.68. The Labute approximate surface area is 184 Å². The van der Waals surface area contributed by atoms with Gasteiger partial charge < -0.3 is 9.84 Å². The van der Waals surface area contributed by atoms with Crippen LogP contribution in [0.4, 0.5) is 0 Å². The molecule has 172 valence electrons. The van der Waals surface area contributed by atoms with Crippen molar-refractivity contribution in [1.82, 2.24) is 0 Å². The molecule has 3 saturated carbocycles. The van der Waals surface area contributed by atoms with E-state index in [2.05, 4.69) is 41.5 Å². The SMILES string of the molecule is CC(C)CCC[C@@H](C)[C@H]1CC[C@@H]2[C@@H]3OC(=O)[C@@]4(C)C[C@@H](O)CC[C@]4(C)[C@@H]3CC[C@@]21C. The van der Waals surface area contributed by atoms with E-state index >= 15 is 0 Å². The Bertz CT molecular complexity index is 658. The average molecular weight is 419 g/mol. The maximum Gasteiger partial charge on any atom is 0.312 e. The number of carbonyl (C=O) groups is 1. The molecule has 0 unspecified atom stereocenters. The molecule has 4 fully saturated rings. The number of aliphatic hydroxyl groups is 1. The van der Waals surface area contributed by atoms with E-state index in [1.807, 2.05) is 0 Å². The van der Waals surface area contributed by atoms with Crippen molar-refractivity contribution in [2.24, 2.45) is 45.8 Å². The molecule has 30 heavy (non-hydrogen) atoms. The van der Waals surface area contributed by atoms with Gasteiger partial charge in [-0.25, -0.2) is 0 Å². The molecule has 1 saturated heterocycles. The number of aliphatic hydroxyl groups excluding tert-OH is 1. The molecule has 0 aromatic heterocycles. The summed E-state index contributed by atoms with van der Waals surface area (Å²) >= 11 is 0. The minimum absolute atomic E-state index is 0.0253. The van der Waals surface area contributed by atoms with Crippen molar-refractivity contribution >= 4 is 5.97 Å². The van der Waals surface area contributed by atoms with Crippen molar-refractivity contribution in [1.29, 1.82) is 0 Å². The second kappa shape index (κ2) is 7.78. The second-order valence-corrected chi connectivity index (χ2v) is 12.8. The third kappa shape index (κ3) is 3.28. The van der Waals surface area contributed by atoms with Crippen molar-refractivity contribution in [3.05, 3.63) is 0 Å². The highest BCUT2D eigenvalue weighted by Crippen LogP contribution is 2.68. The smallest absolute Gasteiger partial charge is 0.312 e. The molecule has 0 amide bonds. The Kier molecular flexibility index (Phi) is 5.87. The van der Waals surface area contributed by atoms with E-state index in [1.165, 1.54) is 44.9 Å². The van der Waals surface area contributed by atoms with Gasteiger partial charge >= 0.3 is 5.97 Å². The Morgan fingerprint density at radius 2 is 1.73 bits per heavy atom. The highest BCUT2D eigenvalue weighted by atomic mass is 16.5. The van der Waals surface area contributed by atoms with Crippen LogP contribution < -0.4 is 0 Å². The second-order valence-electron chi connectivity index (χ2n) is 12.8. The Balaban J connectivity index is 1.54. The molecule has 1 heterocycles. The first-order chi connectivity index (χ1) is 14.0. The minimum atomic E-state index is -0.526. The van der Waals surface area contributed by atoms with Gasteiger partial charge in [0, 0.05) is 11.8 Å². The Morgan fingerprint density at radius 1 is 1.00 bits per heavy atom. The fraction of sp³-hybridized carbons (Fsp3) is 0.963. The summed E-state index contributed by atoms with van der Waals surface area (Å²) in [7, 11) is 0. The number of fused-ring (bicyclic) bond motifs is 5. The third-order valence-corrected chi connectivity index (χ3v) is 10.8. The van der Waals surface area contributed by atoms with Gasteiger partial charge in [0.2, 0.25) is 0 Å². The van der Waals surface area contributed by atoms with Gasteiger partial charge in [-0.2, -0.15) is 0 Å². The predicted molar refractivity (Wildman–Crippen MR) is 121 cm³/mol. The first-order valence-corrected chi connectivity index (χ1v) is 12.9. The molecule has 1 aliphatic heterocycles. The Hall–Kier alpha value is -0.570. The molecular formula is C27H46O3. The average Bonchev–Trinajstić information content (AvgIpc) is 3.01. The van der Waals surface area contributed by atoms with Crippen LogP contribution in [0.25, 0.3) is 0 Å². The highest BCUT2D eigenvalue weighted by molar-refractivity contribution is 5.79. The summed E-state index contributed by atoms with van der Waals surface area (Å²) in [5.74, 6) is 3.28. The van der Waals surface area contributed by atoms with Crippen LogP contribution >= 0.6 is 0 Å². The summed E-state index contributed by atoms with van der Waals surface area (Å²) in [6, 6.07) is 0. The van der Waals surface area contributed by atoms with Gasteiger partial charge in [-0.15, -0.1) is 0 Å². The quantitative estimate of drug-likeness (QED) is 0.527. The van der Waals surface area contributed by atoms with Crippen LogP contribution in [-0.4, -0.2) is 23.3 Å². The molecule has 3 aliphatic carbocycles. The number of hydrogen-bond acceptors (Lipinski definition) is 3. The lowest BCUT2D eigenvalue weighted by Crippen LogP contribution is -2.65. The van der Waals surface area contributed by atoms with Crippen LogP contribution in [0.5, 0.6) is 0 Å². The standard InChI is InChI=1S/C27H46O3/c1-17(2)8-7-9-18(3)20-10-11-21-23-22(13-14-25(20,21)4)26(5)15-12-19(28)16-27(26,6)24(29)30-23/h17-23,28H,7-16H2,1-6H3/t18-,19+,20-,21-,22-,23+,25-,26-,27-/m1/s1. The summed E-state index contributed by atoms with van der Waals surface area (Å²) in [6.45, 7) is 14.1. The van der Waals surface area contributed by atoms with Gasteiger partial charge in [0.1, 0.15) is 6.10 Å². The van der Waals surface area contributed by atoms with Crippen LogP contribution in [0, 0.1) is 45.8 Å². The Morgan fingerprint density at radius 3 is 2.43 bits per heavy atom. The van der Waals surface area contributed by atoms with E-state index in [0.29, 0.717) is 23.7 Å². The zero-order valence-corrected chi connectivity index (χ0v) is 20.4. The van der Waals surface area contributed by atoms with E-state index in [4.69, 9.17) is 4.74 Å². The summed E-state index contributed by atoms with van der Waals surface area (Å²) in [6.07, 6.45) is 11.1. The normalized spacial score (nSPS) is 49.2. The molecule has 0 spiro atoms. The van der Waals surface area contributed by atoms with E-state index < -0.39 is 5.41 Å². The fourth-order valence-corrected chi connectivity index (χ4v) is 8.66. The van der Waals surface area contributed by atoms with E-state index in [1.54, 1.807) is 0 Å². The monoisotopic (exact) mass is 418 g/mol. The van der Waals surface area contributed by atoms with Gasteiger partial charge in [0.05, 0.1) is 11.5 Å². The van der Waals surface area contributed by atoms with Gasteiger partial charge in [0.25, 0.3) is 0 Å². The van der Waals surface area contributed by atoms with E-state index in [-0.39, 0.29) is 23.6 Å². The van der Waals surface area contributed by atoms with Crippen molar-refractivity contribution in [2.75, 3.05) is 0 Å². The van der Waals surface area contributed by atoms with E-state index in [9.17, 15) is 9.90 Å². The lowest BCUT2D eigenvalue weighted by molar-refractivity contribution is -0.238. The summed E-state index contributed by atoms with van der Waals surface area (Å²) in [4.78, 5) is 13.3. The molecular weight excluding hydrogens is 372 g/mol. The summed E-state index contributed by atoms with van der Waals surface area (Å²) in [5.41, 5.74) is -0.243. The van der Waals surface area contributed by atoms with Crippen molar-refractivity contribution in [3.63, 3.8) is 0 Å². The molecule has 0 bridgehead atoms. The molecule has 0 radical (unpaired) electrons. The van der Waals surface area contributed by atoms with Crippen LogP contribution in [0.2, 0.25) is 0 Å². The van der Waals surface area contributed by atoms with Gasteiger partial charge in [-0.3, -0.25) is 4.79 Å². The molecule has 0 aromatic rings. The van der Waals surface area contributed by atoms with Crippen molar-refractivity contribution < 1.29 is 14.6 Å². The summed E-state index contributed by atoms with van der Waals surface area (Å²) < 4.78 is 6.35. The zero-order chi connectivity index (χ0) is 21.9. The largest absolute Gasteiger partial charge is 0.461 e. The molecule has 0 aromatic carbocycles. The first-order valence-electron chi connectivity index (χ1n) is 12.9. The number of esters is 1. The minimum Gasteiger partial charge on any atom is -0.461 e. The third-order valence-electron chi connectivity index (χ3n) is 10.8. The maximum absolute atomic E-state index is 13.3. The fourth-order valence-electron chi connectivity index (χ4n) is 8.66. The molecule has 1 N–H and O–H groups in total. The number of hydrogen-bond donors (Lipinski definition) is 1. The molecule has 3 nitrogen and oxygen atoms in total. The predicted octanol–water partition coefficient (Wildman–Crippen LogP) is 6.37. The van der Waals surface area contributed by atoms with Crippen LogP contribution in [-0.2, 0) is 9.53 Å². The topological polar surface area (TPSA) is 46.5 Å². The lowest BCUT2D eigenvalue weighted by Gasteiger charge is -2.63. The van der Waals surface area contributed by atoms with Crippen molar-refractivity contribution in [3.8, 4) is 0 Å². The zero-order valence-electron chi connectivity index (χ0n) is 20.4. The number of rotatable bonds is 5.